The van der Waals surface area contributed by atoms with Crippen molar-refractivity contribution < 1.29 is 26.7 Å². The molecule has 3 aromatic carbocycles. The molecule has 0 saturated carbocycles. The third kappa shape index (κ3) is 3.36. The number of aryl methyl sites for hydroxylation is 1. The molecule has 0 aliphatic carbocycles. The van der Waals surface area contributed by atoms with Gasteiger partial charge in [-0.25, -0.2) is 8.42 Å². The number of aliphatic hydroxyl groups is 1. The van der Waals surface area contributed by atoms with Crippen molar-refractivity contribution in [3.05, 3.63) is 76.8 Å². The number of rotatable bonds is 3. The van der Waals surface area contributed by atoms with E-state index in [0.29, 0.717) is 23.0 Å². The van der Waals surface area contributed by atoms with E-state index in [-0.39, 0.29) is 5.69 Å². The highest BCUT2D eigenvalue weighted by molar-refractivity contribution is 7.95. The highest BCUT2D eigenvalue weighted by Crippen LogP contribution is 2.35. The fourth-order valence-corrected chi connectivity index (χ4v) is 4.78. The summed E-state index contributed by atoms with van der Waals surface area (Å²) in [6.07, 6.45) is -4.78. The number of hydrogen-bond acceptors (Lipinski definition) is 5. The van der Waals surface area contributed by atoms with Crippen LogP contribution in [0.1, 0.15) is 11.3 Å². The molecule has 0 amide bonds. The van der Waals surface area contributed by atoms with E-state index in [1.54, 1.807) is 19.2 Å². The van der Waals surface area contributed by atoms with Crippen LogP contribution in [0, 0.1) is 11.3 Å². The number of fused-ring (bicyclic) bond motifs is 3. The molecule has 0 fully saturated rings. The summed E-state index contributed by atoms with van der Waals surface area (Å²) in [5.41, 5.74) is -0.760. The van der Waals surface area contributed by atoms with E-state index in [4.69, 9.17) is 0 Å². The van der Waals surface area contributed by atoms with Crippen molar-refractivity contribution in [2.45, 2.75) is 11.1 Å². The van der Waals surface area contributed by atoms with E-state index in [0.717, 1.165) is 22.9 Å². The molecule has 0 radical (unpaired) electrons. The molecule has 1 heterocycles. The van der Waals surface area contributed by atoms with Crippen LogP contribution in [-0.4, -0.2) is 23.3 Å². The molecule has 0 aliphatic rings. The molecular formula is C22H14F3N3O3S. The first kappa shape index (κ1) is 21.4. The molecule has 0 saturated heterocycles. The van der Waals surface area contributed by atoms with Crippen LogP contribution >= 0.6 is 0 Å². The van der Waals surface area contributed by atoms with Crippen molar-refractivity contribution in [1.29, 1.82) is 5.26 Å². The van der Waals surface area contributed by atoms with Gasteiger partial charge in [-0.3, -0.25) is 4.68 Å². The second-order valence-electron chi connectivity index (χ2n) is 6.97. The summed E-state index contributed by atoms with van der Waals surface area (Å²) in [5, 5.41) is 26.5. The summed E-state index contributed by atoms with van der Waals surface area (Å²) in [4.78, 5) is -1.86. The average molecular weight is 457 g/mol. The van der Waals surface area contributed by atoms with Gasteiger partial charge in [0.1, 0.15) is 11.8 Å². The Labute approximate surface area is 180 Å². The lowest BCUT2D eigenvalue weighted by Crippen LogP contribution is -2.10. The van der Waals surface area contributed by atoms with Gasteiger partial charge in [-0.1, -0.05) is 36.4 Å². The maximum atomic E-state index is 13.0. The van der Waals surface area contributed by atoms with Gasteiger partial charge in [0.25, 0.3) is 0 Å². The van der Waals surface area contributed by atoms with Crippen molar-refractivity contribution in [1.82, 2.24) is 9.78 Å². The number of hydrogen-bond donors (Lipinski definition) is 1. The maximum Gasteiger partial charge on any atom is 0.416 e. The maximum absolute atomic E-state index is 13.0. The minimum atomic E-state index is -4.78. The van der Waals surface area contributed by atoms with E-state index < -0.39 is 37.1 Å². The topological polar surface area (TPSA) is 96.0 Å². The summed E-state index contributed by atoms with van der Waals surface area (Å²) in [6, 6.07) is 15.1. The SMILES string of the molecule is Cn1nc(C(O)=C(C#N)S(=O)(=O)c2cccc(C(F)(F)F)c2)c2ccc3ccccc3c21. The zero-order valence-electron chi connectivity index (χ0n) is 16.4. The first-order valence-electron chi connectivity index (χ1n) is 9.16. The molecule has 162 valence electrons. The van der Waals surface area contributed by atoms with Gasteiger partial charge in [0.05, 0.1) is 16.0 Å². The number of sulfone groups is 1. The van der Waals surface area contributed by atoms with E-state index in [9.17, 15) is 32.0 Å². The first-order valence-corrected chi connectivity index (χ1v) is 10.6. The summed E-state index contributed by atoms with van der Waals surface area (Å²) in [7, 11) is -3.17. The number of aliphatic hydroxyl groups excluding tert-OH is 1. The second kappa shape index (κ2) is 7.39. The predicted octanol–water partition coefficient (Wildman–Crippen LogP) is 4.97. The molecule has 0 spiro atoms. The van der Waals surface area contributed by atoms with Crippen molar-refractivity contribution >= 4 is 37.3 Å². The minimum absolute atomic E-state index is 0.166. The standard InChI is InChI=1S/C22H14F3N3O3S/c1-28-20-16-8-3-2-5-13(16)9-10-17(20)19(27-28)21(29)18(12-26)32(30,31)15-7-4-6-14(11-15)22(23,24)25/h2-11,29H,1H3. The number of nitriles is 1. The van der Waals surface area contributed by atoms with E-state index in [1.165, 1.54) is 10.8 Å². The van der Waals surface area contributed by atoms with Gasteiger partial charge in [0, 0.05) is 17.8 Å². The number of aromatic nitrogens is 2. The van der Waals surface area contributed by atoms with Crippen molar-refractivity contribution in [2.24, 2.45) is 7.05 Å². The van der Waals surface area contributed by atoms with Gasteiger partial charge in [-0.15, -0.1) is 0 Å². The Balaban J connectivity index is 1.95. The van der Waals surface area contributed by atoms with Crippen LogP contribution in [-0.2, 0) is 23.1 Å². The van der Waals surface area contributed by atoms with E-state index >= 15 is 0 Å². The first-order chi connectivity index (χ1) is 15.1. The third-order valence-corrected chi connectivity index (χ3v) is 6.71. The van der Waals surface area contributed by atoms with Gasteiger partial charge in [-0.2, -0.15) is 23.5 Å². The minimum Gasteiger partial charge on any atom is -0.504 e. The number of alkyl halides is 3. The van der Waals surface area contributed by atoms with E-state index in [1.807, 2.05) is 24.3 Å². The Morgan fingerprint density at radius 1 is 1.06 bits per heavy atom. The van der Waals surface area contributed by atoms with Gasteiger partial charge in [0.2, 0.25) is 9.84 Å². The summed E-state index contributed by atoms with van der Waals surface area (Å²) in [5.74, 6) is -0.939. The third-order valence-electron chi connectivity index (χ3n) is 5.01. The predicted molar refractivity (Wildman–Crippen MR) is 112 cm³/mol. The molecule has 1 N–H and O–H groups in total. The quantitative estimate of drug-likeness (QED) is 0.346. The van der Waals surface area contributed by atoms with Crippen LogP contribution in [0.2, 0.25) is 0 Å². The number of allylic oxidation sites excluding steroid dienone is 1. The summed E-state index contributed by atoms with van der Waals surface area (Å²) >= 11 is 0. The molecule has 6 nitrogen and oxygen atoms in total. The highest BCUT2D eigenvalue weighted by atomic mass is 32.2. The second-order valence-corrected chi connectivity index (χ2v) is 8.86. The summed E-state index contributed by atoms with van der Waals surface area (Å²) < 4.78 is 66.5. The van der Waals surface area contributed by atoms with Crippen molar-refractivity contribution in [3.63, 3.8) is 0 Å². The van der Waals surface area contributed by atoms with Crippen LogP contribution in [0.3, 0.4) is 0 Å². The van der Waals surface area contributed by atoms with Gasteiger partial charge >= 0.3 is 6.18 Å². The van der Waals surface area contributed by atoms with Crippen LogP contribution in [0.15, 0.2) is 70.5 Å². The van der Waals surface area contributed by atoms with Crippen LogP contribution < -0.4 is 0 Å². The molecule has 0 bridgehead atoms. The molecule has 32 heavy (non-hydrogen) atoms. The fourth-order valence-electron chi connectivity index (χ4n) is 3.53. The Bertz CT molecular complexity index is 1560. The van der Waals surface area contributed by atoms with Crippen LogP contribution in [0.4, 0.5) is 13.2 Å². The molecule has 1 aromatic heterocycles. The monoisotopic (exact) mass is 457 g/mol. The molecule has 0 unspecified atom stereocenters. The molecule has 0 atom stereocenters. The van der Waals surface area contributed by atoms with Gasteiger partial charge in [-0.05, 0) is 29.7 Å². The molecule has 4 rings (SSSR count). The molecular weight excluding hydrogens is 443 g/mol. The normalized spacial score (nSPS) is 13.2. The number of benzene rings is 3. The number of halogens is 3. The Hall–Kier alpha value is -3.84. The van der Waals surface area contributed by atoms with E-state index in [2.05, 4.69) is 5.10 Å². The largest absolute Gasteiger partial charge is 0.504 e. The van der Waals surface area contributed by atoms with Crippen molar-refractivity contribution in [2.75, 3.05) is 0 Å². The smallest absolute Gasteiger partial charge is 0.416 e. The molecule has 4 aromatic rings. The Morgan fingerprint density at radius 2 is 1.78 bits per heavy atom. The highest BCUT2D eigenvalue weighted by Gasteiger charge is 2.34. The zero-order valence-corrected chi connectivity index (χ0v) is 17.2. The Kier molecular flexibility index (Phi) is 4.94. The lowest BCUT2D eigenvalue weighted by atomic mass is 10.1. The van der Waals surface area contributed by atoms with Crippen LogP contribution in [0.5, 0.6) is 0 Å². The lowest BCUT2D eigenvalue weighted by molar-refractivity contribution is -0.137. The van der Waals surface area contributed by atoms with Gasteiger partial charge in [0.15, 0.2) is 10.7 Å². The fraction of sp³-hybridized carbons (Fsp3) is 0.0909. The molecule has 0 aliphatic heterocycles. The van der Waals surface area contributed by atoms with Crippen molar-refractivity contribution in [3.8, 4) is 6.07 Å². The molecule has 10 heteroatoms. The lowest BCUT2D eigenvalue weighted by Gasteiger charge is -2.09. The summed E-state index contributed by atoms with van der Waals surface area (Å²) in [6.45, 7) is 0. The Morgan fingerprint density at radius 3 is 2.47 bits per heavy atom. The zero-order chi connectivity index (χ0) is 23.3. The number of nitrogens with zero attached hydrogens (tertiary/aromatic N) is 3. The van der Waals surface area contributed by atoms with Gasteiger partial charge < -0.3 is 5.11 Å². The average Bonchev–Trinajstić information content (AvgIpc) is 3.10. The van der Waals surface area contributed by atoms with Crippen LogP contribution in [0.25, 0.3) is 27.4 Å².